The van der Waals surface area contributed by atoms with Crippen LogP contribution in [0.4, 0.5) is 4.79 Å². The Labute approximate surface area is 85.4 Å². The Morgan fingerprint density at radius 1 is 1.43 bits per heavy atom. The van der Waals surface area contributed by atoms with Gasteiger partial charge in [-0.3, -0.25) is 0 Å². The molecule has 1 aliphatic carbocycles. The number of ether oxygens (including phenoxy) is 1. The molecule has 0 spiro atoms. The second-order valence-corrected chi connectivity index (χ2v) is 5.98. The second kappa shape index (κ2) is 2.65. The molecule has 0 atom stereocenters. The molecule has 0 aromatic heterocycles. The Hall–Kier alpha value is -0.730. The molecule has 3 rings (SSSR count). The van der Waals surface area contributed by atoms with E-state index in [0.717, 1.165) is 19.4 Å². The lowest BCUT2D eigenvalue weighted by molar-refractivity contribution is 0.0245. The quantitative estimate of drug-likeness (QED) is 0.597. The molecule has 0 aromatic carbocycles. The fourth-order valence-corrected chi connectivity index (χ4v) is 2.50. The van der Waals surface area contributed by atoms with Gasteiger partial charge in [0.1, 0.15) is 5.60 Å². The molecule has 80 valence electrons. The highest BCUT2D eigenvalue weighted by Crippen LogP contribution is 2.51. The fraction of sp³-hybridized carbons (Fsp3) is 0.909. The summed E-state index contributed by atoms with van der Waals surface area (Å²) < 4.78 is 5.35. The SMILES string of the molecule is CC12CC(C1)N(C(=O)OC(C)(C)C)C2. The van der Waals surface area contributed by atoms with Crippen LogP contribution in [0.1, 0.15) is 40.5 Å². The average Bonchev–Trinajstić information content (AvgIpc) is 2.36. The number of rotatable bonds is 0. The molecule has 0 aromatic rings. The van der Waals surface area contributed by atoms with E-state index < -0.39 is 0 Å². The molecule has 1 saturated carbocycles. The summed E-state index contributed by atoms with van der Waals surface area (Å²) >= 11 is 0. The second-order valence-electron chi connectivity index (χ2n) is 5.98. The van der Waals surface area contributed by atoms with Gasteiger partial charge in [-0.25, -0.2) is 4.79 Å². The number of hydrogen-bond acceptors (Lipinski definition) is 2. The van der Waals surface area contributed by atoms with Crippen LogP contribution in [0, 0.1) is 5.41 Å². The lowest BCUT2D eigenvalue weighted by atomic mass is 9.72. The third kappa shape index (κ3) is 1.60. The number of carbonyl (C=O) groups is 1. The Bertz CT molecular complexity index is 261. The van der Waals surface area contributed by atoms with E-state index in [1.54, 1.807) is 0 Å². The maximum Gasteiger partial charge on any atom is 0.410 e. The molecule has 2 bridgehead atoms. The lowest BCUT2D eigenvalue weighted by Gasteiger charge is -2.33. The normalized spacial score (nSPS) is 35.4. The molecule has 3 heteroatoms. The van der Waals surface area contributed by atoms with Gasteiger partial charge in [-0.2, -0.15) is 0 Å². The van der Waals surface area contributed by atoms with E-state index in [2.05, 4.69) is 6.92 Å². The Morgan fingerprint density at radius 3 is 2.36 bits per heavy atom. The van der Waals surface area contributed by atoms with Gasteiger partial charge in [0, 0.05) is 12.6 Å². The zero-order valence-corrected chi connectivity index (χ0v) is 9.46. The first kappa shape index (κ1) is 9.81. The lowest BCUT2D eigenvalue weighted by Crippen LogP contribution is -2.39. The van der Waals surface area contributed by atoms with Crippen LogP contribution in [0.3, 0.4) is 0 Å². The molecule has 3 nitrogen and oxygen atoms in total. The third-order valence-corrected chi connectivity index (χ3v) is 3.08. The molecule has 0 unspecified atom stereocenters. The van der Waals surface area contributed by atoms with Gasteiger partial charge in [0.05, 0.1) is 0 Å². The number of fused-ring (bicyclic) bond motifs is 1. The highest BCUT2D eigenvalue weighted by Gasteiger charge is 2.54. The predicted molar refractivity (Wildman–Crippen MR) is 54.1 cm³/mol. The summed E-state index contributed by atoms with van der Waals surface area (Å²) in [6.07, 6.45) is 2.18. The van der Waals surface area contributed by atoms with Crippen LogP contribution < -0.4 is 0 Å². The molecule has 1 amide bonds. The molecule has 2 saturated heterocycles. The van der Waals surface area contributed by atoms with Crippen molar-refractivity contribution in [2.24, 2.45) is 5.41 Å². The van der Waals surface area contributed by atoms with Crippen molar-refractivity contribution in [3.8, 4) is 0 Å². The largest absolute Gasteiger partial charge is 0.444 e. The fourth-order valence-electron chi connectivity index (χ4n) is 2.50. The van der Waals surface area contributed by atoms with Crippen molar-refractivity contribution in [1.29, 1.82) is 0 Å². The zero-order chi connectivity index (χ0) is 10.6. The van der Waals surface area contributed by atoms with Gasteiger partial charge < -0.3 is 9.64 Å². The highest BCUT2D eigenvalue weighted by atomic mass is 16.6. The number of amides is 1. The summed E-state index contributed by atoms with van der Waals surface area (Å²) in [5, 5.41) is 0. The smallest absolute Gasteiger partial charge is 0.410 e. The number of nitrogens with zero attached hydrogens (tertiary/aromatic N) is 1. The van der Waals surface area contributed by atoms with Gasteiger partial charge in [-0.15, -0.1) is 0 Å². The van der Waals surface area contributed by atoms with Crippen molar-refractivity contribution >= 4 is 6.09 Å². The monoisotopic (exact) mass is 197 g/mol. The van der Waals surface area contributed by atoms with Crippen molar-refractivity contribution in [2.45, 2.75) is 52.2 Å². The topological polar surface area (TPSA) is 29.5 Å². The molecule has 3 fully saturated rings. The molecule has 2 heterocycles. The minimum atomic E-state index is -0.370. The number of hydrogen-bond donors (Lipinski definition) is 0. The first-order valence-electron chi connectivity index (χ1n) is 5.29. The van der Waals surface area contributed by atoms with E-state index in [0.29, 0.717) is 11.5 Å². The zero-order valence-electron chi connectivity index (χ0n) is 9.46. The van der Waals surface area contributed by atoms with E-state index in [4.69, 9.17) is 4.74 Å². The minimum absolute atomic E-state index is 0.135. The summed E-state index contributed by atoms with van der Waals surface area (Å²) in [6.45, 7) is 8.85. The molecule has 0 N–H and O–H groups in total. The Morgan fingerprint density at radius 2 is 2.00 bits per heavy atom. The first-order valence-corrected chi connectivity index (χ1v) is 5.29. The minimum Gasteiger partial charge on any atom is -0.444 e. The van der Waals surface area contributed by atoms with Gasteiger partial charge in [-0.1, -0.05) is 6.92 Å². The molecule has 3 aliphatic rings. The van der Waals surface area contributed by atoms with Crippen molar-refractivity contribution in [3.63, 3.8) is 0 Å². The third-order valence-electron chi connectivity index (χ3n) is 3.08. The summed E-state index contributed by atoms with van der Waals surface area (Å²) in [5.74, 6) is 0. The van der Waals surface area contributed by atoms with E-state index >= 15 is 0 Å². The summed E-state index contributed by atoms with van der Waals surface area (Å²) in [6, 6.07) is 0.454. The van der Waals surface area contributed by atoms with Gasteiger partial charge in [0.2, 0.25) is 0 Å². The van der Waals surface area contributed by atoms with Crippen molar-refractivity contribution in [3.05, 3.63) is 0 Å². The van der Waals surface area contributed by atoms with E-state index in [-0.39, 0.29) is 11.7 Å². The number of carbonyl (C=O) groups excluding carboxylic acids is 1. The molecular formula is C11H19NO2. The van der Waals surface area contributed by atoms with Crippen molar-refractivity contribution in [2.75, 3.05) is 6.54 Å². The predicted octanol–water partition coefficient (Wildman–Crippen LogP) is 2.41. The molecular weight excluding hydrogens is 178 g/mol. The summed E-state index contributed by atoms with van der Waals surface area (Å²) in [7, 11) is 0. The first-order chi connectivity index (χ1) is 6.29. The van der Waals surface area contributed by atoms with Crippen molar-refractivity contribution in [1.82, 2.24) is 4.90 Å². The van der Waals surface area contributed by atoms with Crippen LogP contribution in [0.5, 0.6) is 0 Å². The summed E-state index contributed by atoms with van der Waals surface area (Å²) in [4.78, 5) is 13.6. The van der Waals surface area contributed by atoms with Crippen LogP contribution >= 0.6 is 0 Å². The highest BCUT2D eigenvalue weighted by molar-refractivity contribution is 5.69. The average molecular weight is 197 g/mol. The van der Waals surface area contributed by atoms with Gasteiger partial charge in [0.15, 0.2) is 0 Å². The molecule has 0 radical (unpaired) electrons. The van der Waals surface area contributed by atoms with Gasteiger partial charge in [0.25, 0.3) is 0 Å². The van der Waals surface area contributed by atoms with Gasteiger partial charge in [-0.05, 0) is 39.0 Å². The maximum atomic E-state index is 11.7. The standard InChI is InChI=1S/C11H19NO2/c1-10(2,3)14-9(13)12-7-11(4)5-8(12)6-11/h8H,5-7H2,1-4H3. The van der Waals surface area contributed by atoms with Crippen LogP contribution in [0.25, 0.3) is 0 Å². The van der Waals surface area contributed by atoms with Crippen LogP contribution in [0.2, 0.25) is 0 Å². The van der Waals surface area contributed by atoms with Crippen LogP contribution in [-0.4, -0.2) is 29.2 Å². The summed E-state index contributed by atoms with van der Waals surface area (Å²) in [5.41, 5.74) is 0.0204. The Balaban J connectivity index is 1.95. The van der Waals surface area contributed by atoms with Crippen LogP contribution in [-0.2, 0) is 4.74 Å². The Kier molecular flexibility index (Phi) is 1.85. The van der Waals surface area contributed by atoms with Crippen molar-refractivity contribution < 1.29 is 9.53 Å². The van der Waals surface area contributed by atoms with E-state index in [1.165, 1.54) is 0 Å². The van der Waals surface area contributed by atoms with Gasteiger partial charge >= 0.3 is 6.09 Å². The van der Waals surface area contributed by atoms with E-state index in [1.807, 2.05) is 25.7 Å². The maximum absolute atomic E-state index is 11.7. The molecule has 2 aliphatic heterocycles. The van der Waals surface area contributed by atoms with E-state index in [9.17, 15) is 4.79 Å². The molecule has 14 heavy (non-hydrogen) atoms. The van der Waals surface area contributed by atoms with Crippen LogP contribution in [0.15, 0.2) is 0 Å².